The molecule has 2 nitrogen and oxygen atoms in total. The zero-order chi connectivity index (χ0) is 4.41. The van der Waals surface area contributed by atoms with E-state index in [1.807, 2.05) is 0 Å². The Hall–Kier alpha value is -0.0800. The van der Waals surface area contributed by atoms with Gasteiger partial charge in [-0.25, -0.2) is 0 Å². The summed E-state index contributed by atoms with van der Waals surface area (Å²) in [7, 11) is 0. The molecule has 1 rings (SSSR count). The minimum Gasteiger partial charge on any atom is -0.412 e. The molecule has 0 atom stereocenters. The van der Waals surface area contributed by atoms with Crippen LogP contribution < -0.4 is 0 Å². The second-order valence-corrected chi connectivity index (χ2v) is 1.98. The fraction of sp³-hybridized carbons (Fsp3) is 1.00. The van der Waals surface area contributed by atoms with Crippen molar-refractivity contribution in [2.75, 3.05) is 6.61 Å². The Morgan fingerprint density at radius 1 is 1.43 bits per heavy atom. The Morgan fingerprint density at radius 2 is 2.00 bits per heavy atom. The van der Waals surface area contributed by atoms with Gasteiger partial charge in [0.25, 0.3) is 0 Å². The van der Waals surface area contributed by atoms with Crippen molar-refractivity contribution in [1.29, 1.82) is 0 Å². The molecule has 0 bridgehead atoms. The molecule has 1 aliphatic rings. The smallest absolute Gasteiger partial charge is 0.0459 e. The molecule has 2 heteroatoms. The van der Waals surface area contributed by atoms with Crippen molar-refractivity contribution in [2.45, 2.75) is 19.3 Å². The van der Waals surface area contributed by atoms with Gasteiger partial charge in [-0.3, -0.25) is 0 Å². The first-order chi connectivity index (χ1) is 2.93. The lowest BCUT2D eigenvalue weighted by Crippen LogP contribution is -2.14. The molecule has 1 aliphatic carbocycles. The van der Waals surface area contributed by atoms with Gasteiger partial charge in [0.05, 0.1) is 0 Å². The summed E-state index contributed by atoms with van der Waals surface area (Å²) in [6.45, 7) is 0.417. The molecule has 1 saturated carbocycles. The number of aliphatic hydroxyl groups is 1. The third kappa shape index (κ3) is 1.45. The summed E-state index contributed by atoms with van der Waals surface area (Å²) in [5.74, 6) is 0.671. The molecule has 0 spiro atoms. The van der Waals surface area contributed by atoms with Gasteiger partial charge in [-0.15, -0.1) is 0 Å². The van der Waals surface area contributed by atoms with E-state index in [9.17, 15) is 0 Å². The van der Waals surface area contributed by atoms with E-state index in [4.69, 9.17) is 5.11 Å². The first kappa shape index (κ1) is 6.92. The van der Waals surface area contributed by atoms with E-state index in [2.05, 4.69) is 0 Å². The van der Waals surface area contributed by atoms with E-state index in [1.165, 1.54) is 19.3 Å². The third-order valence-corrected chi connectivity index (χ3v) is 1.48. The highest BCUT2D eigenvalue weighted by atomic mass is 16.3. The van der Waals surface area contributed by atoms with Crippen molar-refractivity contribution < 1.29 is 10.6 Å². The average molecular weight is 104 g/mol. The second-order valence-electron chi connectivity index (χ2n) is 1.98. The molecule has 0 radical (unpaired) electrons. The molecule has 44 valence electrons. The fourth-order valence-corrected chi connectivity index (χ4v) is 0.675. The van der Waals surface area contributed by atoms with Crippen molar-refractivity contribution in [1.82, 2.24) is 0 Å². The first-order valence-electron chi connectivity index (χ1n) is 2.54. The standard InChI is InChI=1S/C5H10O.H2O/c6-4-5-2-1-3-5;/h5-6H,1-4H2;1H2. The van der Waals surface area contributed by atoms with Crippen LogP contribution in [0.4, 0.5) is 0 Å². The van der Waals surface area contributed by atoms with Crippen LogP contribution in [-0.2, 0) is 0 Å². The molecule has 0 aliphatic heterocycles. The maximum Gasteiger partial charge on any atom is 0.0459 e. The van der Waals surface area contributed by atoms with E-state index in [0.717, 1.165) is 0 Å². The van der Waals surface area contributed by atoms with E-state index < -0.39 is 0 Å². The highest BCUT2D eigenvalue weighted by Crippen LogP contribution is 2.24. The summed E-state index contributed by atoms with van der Waals surface area (Å²) in [5.41, 5.74) is 0. The lowest BCUT2D eigenvalue weighted by atomic mass is 9.86. The lowest BCUT2D eigenvalue weighted by molar-refractivity contribution is 0.163. The minimum atomic E-state index is 0. The molecule has 0 aromatic carbocycles. The molecule has 0 amide bonds. The molecule has 3 N–H and O–H groups in total. The van der Waals surface area contributed by atoms with Crippen LogP contribution in [-0.4, -0.2) is 17.2 Å². The topological polar surface area (TPSA) is 51.7 Å². The van der Waals surface area contributed by atoms with E-state index in [-0.39, 0.29) is 5.48 Å². The van der Waals surface area contributed by atoms with Gasteiger partial charge in [-0.05, 0) is 18.8 Å². The molecular weight excluding hydrogens is 92.1 g/mol. The van der Waals surface area contributed by atoms with E-state index in [0.29, 0.717) is 12.5 Å². The van der Waals surface area contributed by atoms with Crippen LogP contribution in [0.1, 0.15) is 19.3 Å². The zero-order valence-corrected chi connectivity index (χ0v) is 4.35. The van der Waals surface area contributed by atoms with Gasteiger partial charge in [-0.1, -0.05) is 6.42 Å². The molecule has 0 unspecified atom stereocenters. The van der Waals surface area contributed by atoms with Crippen LogP contribution in [0.15, 0.2) is 0 Å². The van der Waals surface area contributed by atoms with Crippen LogP contribution in [0.25, 0.3) is 0 Å². The van der Waals surface area contributed by atoms with Gasteiger partial charge in [0.15, 0.2) is 0 Å². The Labute approximate surface area is 43.5 Å². The summed E-state index contributed by atoms with van der Waals surface area (Å²) in [6.07, 6.45) is 3.86. The van der Waals surface area contributed by atoms with Gasteiger partial charge in [0.2, 0.25) is 0 Å². The minimum absolute atomic E-state index is 0. The van der Waals surface area contributed by atoms with Crippen molar-refractivity contribution in [2.24, 2.45) is 5.92 Å². The van der Waals surface area contributed by atoms with Crippen molar-refractivity contribution in [3.8, 4) is 0 Å². The summed E-state index contributed by atoms with van der Waals surface area (Å²) >= 11 is 0. The van der Waals surface area contributed by atoms with Gasteiger partial charge in [0, 0.05) is 6.61 Å². The van der Waals surface area contributed by atoms with Gasteiger partial charge >= 0.3 is 0 Å². The zero-order valence-electron chi connectivity index (χ0n) is 4.35. The Balaban J connectivity index is 0.000000360. The number of hydrogen-bond donors (Lipinski definition) is 1. The van der Waals surface area contributed by atoms with Gasteiger partial charge < -0.3 is 10.6 Å². The quantitative estimate of drug-likeness (QED) is 0.498. The molecule has 0 aromatic heterocycles. The molecule has 1 fully saturated rings. The Bertz CT molecular complexity index is 38.6. The summed E-state index contributed by atoms with van der Waals surface area (Å²) in [4.78, 5) is 0. The maximum absolute atomic E-state index is 8.39. The van der Waals surface area contributed by atoms with Crippen LogP contribution in [0.2, 0.25) is 0 Å². The monoisotopic (exact) mass is 104 g/mol. The van der Waals surface area contributed by atoms with Crippen molar-refractivity contribution in [3.63, 3.8) is 0 Å². The van der Waals surface area contributed by atoms with Crippen LogP contribution in [0.5, 0.6) is 0 Å². The van der Waals surface area contributed by atoms with Crippen LogP contribution >= 0.6 is 0 Å². The lowest BCUT2D eigenvalue weighted by Gasteiger charge is -2.21. The summed E-state index contributed by atoms with van der Waals surface area (Å²) < 4.78 is 0. The predicted octanol–water partition coefficient (Wildman–Crippen LogP) is -0.0459. The van der Waals surface area contributed by atoms with Crippen molar-refractivity contribution >= 4 is 0 Å². The largest absolute Gasteiger partial charge is 0.412 e. The molecular formula is C5H12O2. The molecule has 0 heterocycles. The SMILES string of the molecule is O.OCC1CCC1. The number of hydrogen-bond acceptors (Lipinski definition) is 1. The predicted molar refractivity (Wildman–Crippen MR) is 28.0 cm³/mol. The average Bonchev–Trinajstić information content (AvgIpc) is 1.31. The molecule has 0 aromatic rings. The molecule has 0 saturated heterocycles. The first-order valence-corrected chi connectivity index (χ1v) is 2.54. The molecule has 7 heavy (non-hydrogen) atoms. The highest BCUT2D eigenvalue weighted by molar-refractivity contribution is 4.66. The van der Waals surface area contributed by atoms with Gasteiger partial charge in [0.1, 0.15) is 0 Å². The summed E-state index contributed by atoms with van der Waals surface area (Å²) in [6, 6.07) is 0. The highest BCUT2D eigenvalue weighted by Gasteiger charge is 2.14. The van der Waals surface area contributed by atoms with Crippen LogP contribution in [0.3, 0.4) is 0 Å². The third-order valence-electron chi connectivity index (χ3n) is 1.48. The van der Waals surface area contributed by atoms with E-state index in [1.54, 1.807) is 0 Å². The van der Waals surface area contributed by atoms with Crippen molar-refractivity contribution in [3.05, 3.63) is 0 Å². The van der Waals surface area contributed by atoms with Crippen LogP contribution in [0, 0.1) is 5.92 Å². The number of rotatable bonds is 1. The normalized spacial score (nSPS) is 20.1. The maximum atomic E-state index is 8.39. The number of aliphatic hydroxyl groups excluding tert-OH is 1. The fourth-order valence-electron chi connectivity index (χ4n) is 0.675. The second kappa shape index (κ2) is 2.99. The Morgan fingerprint density at radius 3 is 2.00 bits per heavy atom. The Kier molecular flexibility index (Phi) is 2.96. The van der Waals surface area contributed by atoms with Gasteiger partial charge in [-0.2, -0.15) is 0 Å². The van der Waals surface area contributed by atoms with E-state index >= 15 is 0 Å². The summed E-state index contributed by atoms with van der Waals surface area (Å²) in [5, 5.41) is 8.39.